The summed E-state index contributed by atoms with van der Waals surface area (Å²) in [6, 6.07) is 5.04. The lowest BCUT2D eigenvalue weighted by molar-refractivity contribution is -0.139. The Bertz CT molecular complexity index is 413. The van der Waals surface area contributed by atoms with Gasteiger partial charge < -0.3 is 4.74 Å². The predicted molar refractivity (Wildman–Crippen MR) is 61.8 cm³/mol. The van der Waals surface area contributed by atoms with Crippen LogP contribution in [0.5, 0.6) is 0 Å². The fraction of sp³-hybridized carbons (Fsp3) is 0.333. The second kappa shape index (κ2) is 5.66. The van der Waals surface area contributed by atoms with E-state index in [0.717, 1.165) is 12.0 Å². The zero-order valence-electron chi connectivity index (χ0n) is 9.25. The number of ether oxygens (including phenoxy) is 1. The summed E-state index contributed by atoms with van der Waals surface area (Å²) in [6.45, 7) is 3.01. The van der Waals surface area contributed by atoms with E-state index in [9.17, 15) is 9.59 Å². The first-order valence-corrected chi connectivity index (χ1v) is 5.37. The van der Waals surface area contributed by atoms with Crippen molar-refractivity contribution in [2.24, 2.45) is 0 Å². The van der Waals surface area contributed by atoms with Crippen LogP contribution in [-0.4, -0.2) is 18.4 Å². The molecule has 1 aromatic carbocycles. The highest BCUT2D eigenvalue weighted by atomic mass is 35.5. The molecule has 0 N–H and O–H groups in total. The normalized spacial score (nSPS) is 9.94. The molecule has 0 amide bonds. The van der Waals surface area contributed by atoms with E-state index in [1.165, 1.54) is 6.92 Å². The lowest BCUT2D eigenvalue weighted by atomic mass is 10.1. The highest BCUT2D eigenvalue weighted by Gasteiger charge is 2.09. The molecule has 0 radical (unpaired) electrons. The van der Waals surface area contributed by atoms with Crippen molar-refractivity contribution in [3.8, 4) is 0 Å². The van der Waals surface area contributed by atoms with E-state index in [2.05, 4.69) is 4.74 Å². The quantitative estimate of drug-likeness (QED) is 0.600. The van der Waals surface area contributed by atoms with E-state index in [0.29, 0.717) is 10.6 Å². The van der Waals surface area contributed by atoms with Crippen molar-refractivity contribution in [2.45, 2.75) is 20.3 Å². The summed E-state index contributed by atoms with van der Waals surface area (Å²) >= 11 is 5.93. The third-order valence-corrected chi connectivity index (χ3v) is 2.52. The first kappa shape index (κ1) is 12.7. The monoisotopic (exact) mass is 240 g/mol. The number of carbonyl (C=O) groups excluding carboxylic acids is 2. The molecule has 0 saturated carbocycles. The van der Waals surface area contributed by atoms with Crippen LogP contribution in [0.25, 0.3) is 0 Å². The Balaban J connectivity index is 2.80. The number of benzene rings is 1. The topological polar surface area (TPSA) is 43.4 Å². The van der Waals surface area contributed by atoms with Crippen molar-refractivity contribution in [3.63, 3.8) is 0 Å². The standard InChI is InChI=1S/C12H13ClO3/c1-3-9-6-10(4-5-11(9)13)12(15)7-16-8(2)14/h4-6H,3,7H2,1-2H3. The molecule has 0 spiro atoms. The predicted octanol–water partition coefficient (Wildman–Crippen LogP) is 2.65. The molecule has 0 unspecified atom stereocenters. The van der Waals surface area contributed by atoms with E-state index < -0.39 is 5.97 Å². The van der Waals surface area contributed by atoms with Crippen LogP contribution >= 0.6 is 11.6 Å². The minimum atomic E-state index is -0.460. The van der Waals surface area contributed by atoms with Gasteiger partial charge in [0.1, 0.15) is 0 Å². The average Bonchev–Trinajstić information content (AvgIpc) is 2.26. The summed E-state index contributed by atoms with van der Waals surface area (Å²) < 4.78 is 4.64. The Labute approximate surface area is 99.4 Å². The number of rotatable bonds is 4. The molecule has 0 fully saturated rings. The third-order valence-electron chi connectivity index (χ3n) is 2.16. The maximum atomic E-state index is 11.6. The van der Waals surface area contributed by atoms with Crippen molar-refractivity contribution < 1.29 is 14.3 Å². The van der Waals surface area contributed by atoms with Crippen molar-refractivity contribution in [2.75, 3.05) is 6.61 Å². The van der Waals surface area contributed by atoms with Crippen LogP contribution in [0.2, 0.25) is 5.02 Å². The van der Waals surface area contributed by atoms with E-state index in [-0.39, 0.29) is 12.4 Å². The number of carbonyl (C=O) groups is 2. The maximum absolute atomic E-state index is 11.6. The van der Waals surface area contributed by atoms with Gasteiger partial charge in [0.25, 0.3) is 0 Å². The molecule has 0 atom stereocenters. The van der Waals surface area contributed by atoms with Crippen molar-refractivity contribution >= 4 is 23.4 Å². The van der Waals surface area contributed by atoms with Gasteiger partial charge in [0.05, 0.1) is 0 Å². The Morgan fingerprint density at radius 3 is 2.62 bits per heavy atom. The molecule has 0 aromatic heterocycles. The van der Waals surface area contributed by atoms with Gasteiger partial charge in [-0.3, -0.25) is 9.59 Å². The van der Waals surface area contributed by atoms with E-state index in [1.807, 2.05) is 6.92 Å². The molecule has 0 aliphatic carbocycles. The van der Waals surface area contributed by atoms with Crippen LogP contribution < -0.4 is 0 Å². The number of ketones is 1. The third kappa shape index (κ3) is 3.35. The first-order valence-electron chi connectivity index (χ1n) is 4.99. The van der Waals surface area contributed by atoms with E-state index in [1.54, 1.807) is 18.2 Å². The Kier molecular flexibility index (Phi) is 4.50. The molecular weight excluding hydrogens is 228 g/mol. The minimum absolute atomic E-state index is 0.221. The SMILES string of the molecule is CCc1cc(C(=O)COC(C)=O)ccc1Cl. The summed E-state index contributed by atoms with van der Waals surface area (Å²) in [5.41, 5.74) is 1.43. The van der Waals surface area contributed by atoms with Crippen LogP contribution in [0, 0.1) is 0 Å². The molecule has 0 saturated heterocycles. The summed E-state index contributed by atoms with van der Waals surface area (Å²) in [7, 11) is 0. The molecule has 1 aromatic rings. The summed E-state index contributed by atoms with van der Waals surface area (Å²) in [5, 5.41) is 0.645. The number of hydrogen-bond donors (Lipinski definition) is 0. The van der Waals surface area contributed by atoms with E-state index >= 15 is 0 Å². The Morgan fingerprint density at radius 2 is 2.06 bits per heavy atom. The van der Waals surface area contributed by atoms with Crippen LogP contribution in [0.1, 0.15) is 29.8 Å². The average molecular weight is 241 g/mol. The van der Waals surface area contributed by atoms with Gasteiger partial charge in [-0.2, -0.15) is 0 Å². The van der Waals surface area contributed by atoms with Gasteiger partial charge in [-0.25, -0.2) is 0 Å². The van der Waals surface area contributed by atoms with Crippen molar-refractivity contribution in [1.82, 2.24) is 0 Å². The van der Waals surface area contributed by atoms with Gasteiger partial charge in [-0.05, 0) is 30.2 Å². The molecule has 0 heterocycles. The zero-order valence-corrected chi connectivity index (χ0v) is 10.0. The number of hydrogen-bond acceptors (Lipinski definition) is 3. The fourth-order valence-corrected chi connectivity index (χ4v) is 1.52. The largest absolute Gasteiger partial charge is 0.457 e. The molecule has 1 rings (SSSR count). The molecule has 0 aliphatic heterocycles. The van der Waals surface area contributed by atoms with E-state index in [4.69, 9.17) is 11.6 Å². The summed E-state index contributed by atoms with van der Waals surface area (Å²) in [5.74, 6) is -0.681. The molecule has 3 nitrogen and oxygen atoms in total. The Morgan fingerprint density at radius 1 is 1.38 bits per heavy atom. The number of halogens is 1. The second-order valence-corrected chi connectivity index (χ2v) is 3.77. The van der Waals surface area contributed by atoms with Gasteiger partial charge in [0.2, 0.25) is 0 Å². The van der Waals surface area contributed by atoms with Crippen LogP contribution in [-0.2, 0) is 16.0 Å². The highest BCUT2D eigenvalue weighted by molar-refractivity contribution is 6.31. The molecule has 0 aliphatic rings. The van der Waals surface area contributed by atoms with Gasteiger partial charge in [0, 0.05) is 17.5 Å². The van der Waals surface area contributed by atoms with Gasteiger partial charge in [-0.1, -0.05) is 18.5 Å². The fourth-order valence-electron chi connectivity index (χ4n) is 1.27. The van der Waals surface area contributed by atoms with Crippen LogP contribution in [0.15, 0.2) is 18.2 Å². The lowest BCUT2D eigenvalue weighted by Gasteiger charge is -2.05. The molecule has 16 heavy (non-hydrogen) atoms. The van der Waals surface area contributed by atoms with Crippen LogP contribution in [0.3, 0.4) is 0 Å². The second-order valence-electron chi connectivity index (χ2n) is 3.36. The summed E-state index contributed by atoms with van der Waals surface area (Å²) in [4.78, 5) is 22.2. The summed E-state index contributed by atoms with van der Waals surface area (Å²) in [6.07, 6.45) is 0.757. The first-order chi connectivity index (χ1) is 7.54. The number of esters is 1. The van der Waals surface area contributed by atoms with Gasteiger partial charge in [0.15, 0.2) is 12.4 Å². The molecular formula is C12H13ClO3. The molecule has 4 heteroatoms. The molecule has 86 valence electrons. The number of aryl methyl sites for hydroxylation is 1. The van der Waals surface area contributed by atoms with Crippen molar-refractivity contribution in [1.29, 1.82) is 0 Å². The zero-order chi connectivity index (χ0) is 12.1. The smallest absolute Gasteiger partial charge is 0.303 e. The van der Waals surface area contributed by atoms with Crippen LogP contribution in [0.4, 0.5) is 0 Å². The van der Waals surface area contributed by atoms with Gasteiger partial charge in [-0.15, -0.1) is 0 Å². The van der Waals surface area contributed by atoms with Crippen molar-refractivity contribution in [3.05, 3.63) is 34.3 Å². The lowest BCUT2D eigenvalue weighted by Crippen LogP contribution is -2.12. The molecule has 0 bridgehead atoms. The minimum Gasteiger partial charge on any atom is -0.457 e. The maximum Gasteiger partial charge on any atom is 0.303 e. The Hall–Kier alpha value is -1.35. The van der Waals surface area contributed by atoms with Gasteiger partial charge >= 0.3 is 5.97 Å². The highest BCUT2D eigenvalue weighted by Crippen LogP contribution is 2.18. The number of Topliss-reactive ketones (excluding diaryl/α,β-unsaturated/α-hetero) is 1.